The number of carboxylic acids is 1. The Bertz CT molecular complexity index is 415. The van der Waals surface area contributed by atoms with Gasteiger partial charge in [0.25, 0.3) is 0 Å². The van der Waals surface area contributed by atoms with E-state index in [-0.39, 0.29) is 12.5 Å². The average molecular weight is 270 g/mol. The van der Waals surface area contributed by atoms with Gasteiger partial charge in [-0.3, -0.25) is 9.69 Å². The van der Waals surface area contributed by atoms with Crippen molar-refractivity contribution < 1.29 is 9.90 Å². The molecule has 0 saturated carbocycles. The standard InChI is InChI=1S/C13H22N2O2S/c1-8(2)15(7-6-12(16)17)10(4)13-9(3)14-11(5)18-13/h8,10H,6-7H2,1-5H3,(H,16,17). The first-order valence-corrected chi connectivity index (χ1v) is 7.06. The van der Waals surface area contributed by atoms with Crippen molar-refractivity contribution >= 4 is 17.3 Å². The van der Waals surface area contributed by atoms with Crippen molar-refractivity contribution in [3.63, 3.8) is 0 Å². The van der Waals surface area contributed by atoms with Crippen LogP contribution < -0.4 is 0 Å². The Morgan fingerprint density at radius 3 is 2.39 bits per heavy atom. The Hall–Kier alpha value is -0.940. The van der Waals surface area contributed by atoms with Crippen LogP contribution in [-0.2, 0) is 4.79 Å². The molecule has 0 amide bonds. The molecule has 102 valence electrons. The zero-order chi connectivity index (χ0) is 13.9. The molecule has 0 spiro atoms. The topological polar surface area (TPSA) is 53.4 Å². The largest absolute Gasteiger partial charge is 0.481 e. The molecule has 1 heterocycles. The maximum atomic E-state index is 10.7. The summed E-state index contributed by atoms with van der Waals surface area (Å²) in [5, 5.41) is 9.88. The first kappa shape index (κ1) is 15.1. The zero-order valence-electron chi connectivity index (χ0n) is 11.7. The fourth-order valence-corrected chi connectivity index (χ4v) is 3.21. The summed E-state index contributed by atoms with van der Waals surface area (Å²) in [6.07, 6.45) is 0.180. The van der Waals surface area contributed by atoms with Gasteiger partial charge in [-0.05, 0) is 34.6 Å². The monoisotopic (exact) mass is 270 g/mol. The van der Waals surface area contributed by atoms with Gasteiger partial charge >= 0.3 is 5.97 Å². The molecule has 0 fully saturated rings. The molecule has 0 aliphatic rings. The summed E-state index contributed by atoms with van der Waals surface area (Å²) >= 11 is 1.70. The molecule has 0 aliphatic heterocycles. The van der Waals surface area contributed by atoms with Crippen molar-refractivity contribution in [2.24, 2.45) is 0 Å². The van der Waals surface area contributed by atoms with Gasteiger partial charge < -0.3 is 5.11 Å². The van der Waals surface area contributed by atoms with Crippen molar-refractivity contribution in [1.29, 1.82) is 0 Å². The van der Waals surface area contributed by atoms with E-state index in [1.807, 2.05) is 13.8 Å². The lowest BCUT2D eigenvalue weighted by Gasteiger charge is -2.31. The summed E-state index contributed by atoms with van der Waals surface area (Å²) in [6, 6.07) is 0.539. The van der Waals surface area contributed by atoms with E-state index >= 15 is 0 Å². The molecular weight excluding hydrogens is 248 g/mol. The molecule has 5 heteroatoms. The molecule has 1 aromatic heterocycles. The number of hydrogen-bond donors (Lipinski definition) is 1. The van der Waals surface area contributed by atoms with E-state index in [4.69, 9.17) is 5.11 Å². The normalized spacial score (nSPS) is 13.3. The van der Waals surface area contributed by atoms with E-state index in [1.54, 1.807) is 11.3 Å². The fraction of sp³-hybridized carbons (Fsp3) is 0.692. The summed E-state index contributed by atoms with van der Waals surface area (Å²) in [4.78, 5) is 18.6. The molecule has 0 bridgehead atoms. The lowest BCUT2D eigenvalue weighted by atomic mass is 10.1. The second kappa shape index (κ2) is 6.29. The number of hydrogen-bond acceptors (Lipinski definition) is 4. The van der Waals surface area contributed by atoms with Gasteiger partial charge in [-0.25, -0.2) is 4.98 Å². The van der Waals surface area contributed by atoms with Crippen LogP contribution in [0.15, 0.2) is 0 Å². The van der Waals surface area contributed by atoms with E-state index in [9.17, 15) is 4.79 Å². The number of carbonyl (C=O) groups is 1. The van der Waals surface area contributed by atoms with Crippen molar-refractivity contribution in [2.75, 3.05) is 6.54 Å². The number of aryl methyl sites for hydroxylation is 2. The molecule has 1 aromatic rings. The van der Waals surface area contributed by atoms with E-state index < -0.39 is 5.97 Å². The maximum Gasteiger partial charge on any atom is 0.304 e. The van der Waals surface area contributed by atoms with Crippen molar-refractivity contribution in [3.05, 3.63) is 15.6 Å². The Kier molecular flexibility index (Phi) is 5.28. The highest BCUT2D eigenvalue weighted by Crippen LogP contribution is 2.30. The smallest absolute Gasteiger partial charge is 0.304 e. The van der Waals surface area contributed by atoms with Gasteiger partial charge in [0.05, 0.1) is 17.1 Å². The minimum Gasteiger partial charge on any atom is -0.481 e. The minimum absolute atomic E-state index is 0.180. The number of thiazole rings is 1. The van der Waals surface area contributed by atoms with Crippen LogP contribution in [-0.4, -0.2) is 33.5 Å². The highest BCUT2D eigenvalue weighted by atomic mass is 32.1. The Labute approximate surface area is 113 Å². The molecule has 1 atom stereocenters. The highest BCUT2D eigenvalue weighted by Gasteiger charge is 2.22. The summed E-state index contributed by atoms with van der Waals surface area (Å²) < 4.78 is 0. The number of carboxylic acid groups (broad SMARTS) is 1. The molecule has 0 aromatic carbocycles. The number of rotatable bonds is 6. The van der Waals surface area contributed by atoms with Gasteiger partial charge in [0, 0.05) is 23.5 Å². The Balaban J connectivity index is 2.85. The summed E-state index contributed by atoms with van der Waals surface area (Å²) in [5.41, 5.74) is 1.06. The van der Waals surface area contributed by atoms with E-state index in [2.05, 4.69) is 30.7 Å². The van der Waals surface area contributed by atoms with Gasteiger partial charge in [-0.2, -0.15) is 0 Å². The van der Waals surface area contributed by atoms with Crippen molar-refractivity contribution in [3.8, 4) is 0 Å². The Morgan fingerprint density at radius 1 is 1.39 bits per heavy atom. The van der Waals surface area contributed by atoms with E-state index in [0.717, 1.165) is 10.7 Å². The van der Waals surface area contributed by atoms with Crippen LogP contribution >= 0.6 is 11.3 Å². The summed E-state index contributed by atoms with van der Waals surface area (Å²) in [7, 11) is 0. The zero-order valence-corrected chi connectivity index (χ0v) is 12.5. The average Bonchev–Trinajstić information content (AvgIpc) is 2.56. The molecule has 0 radical (unpaired) electrons. The van der Waals surface area contributed by atoms with E-state index in [0.29, 0.717) is 12.6 Å². The van der Waals surface area contributed by atoms with Crippen LogP contribution in [0.3, 0.4) is 0 Å². The highest BCUT2D eigenvalue weighted by molar-refractivity contribution is 7.11. The van der Waals surface area contributed by atoms with Gasteiger partial charge in [0.15, 0.2) is 0 Å². The molecule has 4 nitrogen and oxygen atoms in total. The second-order valence-corrected chi connectivity index (χ2v) is 6.07. The van der Waals surface area contributed by atoms with Crippen LogP contribution in [0.2, 0.25) is 0 Å². The molecule has 0 aliphatic carbocycles. The number of aromatic nitrogens is 1. The number of aliphatic carboxylic acids is 1. The van der Waals surface area contributed by atoms with Crippen molar-refractivity contribution in [1.82, 2.24) is 9.88 Å². The lowest BCUT2D eigenvalue weighted by Crippen LogP contribution is -2.35. The van der Waals surface area contributed by atoms with Gasteiger partial charge in [0.1, 0.15) is 0 Å². The molecule has 0 saturated heterocycles. The minimum atomic E-state index is -0.745. The Morgan fingerprint density at radius 2 is 2.00 bits per heavy atom. The van der Waals surface area contributed by atoms with Gasteiger partial charge in [-0.15, -0.1) is 11.3 Å². The third-order valence-electron chi connectivity index (χ3n) is 3.06. The first-order valence-electron chi connectivity index (χ1n) is 6.24. The van der Waals surface area contributed by atoms with Gasteiger partial charge in [-0.1, -0.05) is 0 Å². The molecule has 1 N–H and O–H groups in total. The van der Waals surface area contributed by atoms with Crippen LogP contribution in [0, 0.1) is 13.8 Å². The molecule has 18 heavy (non-hydrogen) atoms. The van der Waals surface area contributed by atoms with E-state index in [1.165, 1.54) is 4.88 Å². The molecule has 1 rings (SSSR count). The predicted molar refractivity (Wildman–Crippen MR) is 74.1 cm³/mol. The van der Waals surface area contributed by atoms with Crippen LogP contribution in [0.5, 0.6) is 0 Å². The van der Waals surface area contributed by atoms with Crippen LogP contribution in [0.1, 0.15) is 48.8 Å². The summed E-state index contributed by atoms with van der Waals surface area (Å²) in [5.74, 6) is -0.745. The second-order valence-electron chi connectivity index (χ2n) is 4.83. The molecular formula is C13H22N2O2S. The first-order chi connectivity index (χ1) is 8.32. The fourth-order valence-electron chi connectivity index (χ4n) is 2.21. The number of nitrogens with zero attached hydrogens (tertiary/aromatic N) is 2. The van der Waals surface area contributed by atoms with Gasteiger partial charge in [0.2, 0.25) is 0 Å². The van der Waals surface area contributed by atoms with Crippen LogP contribution in [0.25, 0.3) is 0 Å². The lowest BCUT2D eigenvalue weighted by molar-refractivity contribution is -0.137. The SMILES string of the molecule is Cc1nc(C)c(C(C)N(CCC(=O)O)C(C)C)s1. The van der Waals surface area contributed by atoms with Crippen molar-refractivity contribution in [2.45, 2.75) is 53.1 Å². The summed E-state index contributed by atoms with van der Waals surface area (Å²) in [6.45, 7) is 10.9. The van der Waals surface area contributed by atoms with Crippen LogP contribution in [0.4, 0.5) is 0 Å². The molecule has 1 unspecified atom stereocenters. The quantitative estimate of drug-likeness (QED) is 0.863. The predicted octanol–water partition coefficient (Wildman–Crippen LogP) is 3.01. The maximum absolute atomic E-state index is 10.7. The third kappa shape index (κ3) is 3.78. The third-order valence-corrected chi connectivity index (χ3v) is 4.31.